The number of carbonyl (C=O) groups is 2. The lowest BCUT2D eigenvalue weighted by atomic mass is 10.1. The Morgan fingerprint density at radius 2 is 2.32 bits per heavy atom. The molecule has 4 rings (SSSR count). The van der Waals surface area contributed by atoms with E-state index in [1.54, 1.807) is 29.4 Å². The number of fused-ring (bicyclic) bond motifs is 1. The molecule has 25 heavy (non-hydrogen) atoms. The summed E-state index contributed by atoms with van der Waals surface area (Å²) in [6.07, 6.45) is 2.23. The number of aromatic nitrogens is 3. The molecule has 0 aromatic carbocycles. The van der Waals surface area contributed by atoms with Gasteiger partial charge in [0.2, 0.25) is 5.91 Å². The van der Waals surface area contributed by atoms with Crippen LogP contribution >= 0.6 is 11.3 Å². The first-order chi connectivity index (χ1) is 12.1. The fourth-order valence-electron chi connectivity index (χ4n) is 2.72. The SMILES string of the molecule is CC(=O)Nc1nc2c(s1)CN(C(=O)c1cc(-c3ccco3)[nH]n1)CC2. The number of carbonyl (C=O) groups excluding carboxylic acids is 2. The zero-order valence-corrected chi connectivity index (χ0v) is 14.2. The van der Waals surface area contributed by atoms with Crippen molar-refractivity contribution in [2.24, 2.45) is 0 Å². The number of hydrogen-bond acceptors (Lipinski definition) is 6. The number of nitrogens with one attached hydrogen (secondary N) is 2. The summed E-state index contributed by atoms with van der Waals surface area (Å²) >= 11 is 1.40. The van der Waals surface area contributed by atoms with Crippen LogP contribution in [0.25, 0.3) is 11.5 Å². The van der Waals surface area contributed by atoms with Gasteiger partial charge in [0.1, 0.15) is 5.69 Å². The summed E-state index contributed by atoms with van der Waals surface area (Å²) in [6, 6.07) is 5.27. The maximum Gasteiger partial charge on any atom is 0.274 e. The third-order valence-corrected chi connectivity index (χ3v) is 4.88. The van der Waals surface area contributed by atoms with Crippen LogP contribution in [-0.4, -0.2) is 38.4 Å². The fourth-order valence-corrected chi connectivity index (χ4v) is 3.79. The Morgan fingerprint density at radius 1 is 1.44 bits per heavy atom. The van der Waals surface area contributed by atoms with Crippen LogP contribution in [0.15, 0.2) is 28.9 Å². The molecular weight excluding hydrogens is 342 g/mol. The number of furan rings is 1. The fraction of sp³-hybridized carbons (Fsp3) is 0.250. The molecule has 3 aromatic heterocycles. The van der Waals surface area contributed by atoms with Gasteiger partial charge in [-0.25, -0.2) is 4.98 Å². The number of nitrogens with zero attached hydrogens (tertiary/aromatic N) is 3. The van der Waals surface area contributed by atoms with Crippen LogP contribution in [0, 0.1) is 0 Å². The van der Waals surface area contributed by atoms with Gasteiger partial charge in [-0.15, -0.1) is 0 Å². The van der Waals surface area contributed by atoms with Crippen molar-refractivity contribution >= 4 is 28.3 Å². The number of thiazole rings is 1. The molecule has 0 saturated heterocycles. The lowest BCUT2D eigenvalue weighted by Crippen LogP contribution is -2.35. The van der Waals surface area contributed by atoms with Crippen LogP contribution in [-0.2, 0) is 17.8 Å². The van der Waals surface area contributed by atoms with Crippen LogP contribution < -0.4 is 5.32 Å². The number of aromatic amines is 1. The molecule has 0 fully saturated rings. The molecule has 1 aliphatic heterocycles. The van der Waals surface area contributed by atoms with Crippen LogP contribution in [0.5, 0.6) is 0 Å². The summed E-state index contributed by atoms with van der Waals surface area (Å²) in [7, 11) is 0. The lowest BCUT2D eigenvalue weighted by molar-refractivity contribution is -0.114. The Morgan fingerprint density at radius 3 is 3.08 bits per heavy atom. The monoisotopic (exact) mass is 357 g/mol. The molecular formula is C16H15N5O3S. The van der Waals surface area contributed by atoms with Crippen LogP contribution in [0.2, 0.25) is 0 Å². The summed E-state index contributed by atoms with van der Waals surface area (Å²) in [6.45, 7) is 2.48. The highest BCUT2D eigenvalue weighted by Gasteiger charge is 2.26. The van der Waals surface area contributed by atoms with Crippen molar-refractivity contribution in [1.82, 2.24) is 20.1 Å². The van der Waals surface area contributed by atoms with Gasteiger partial charge in [0.05, 0.1) is 18.5 Å². The van der Waals surface area contributed by atoms with Crippen molar-refractivity contribution < 1.29 is 14.0 Å². The molecule has 2 amide bonds. The normalized spacial score (nSPS) is 13.6. The summed E-state index contributed by atoms with van der Waals surface area (Å²) in [5.74, 6) is 0.338. The minimum atomic E-state index is -0.152. The number of anilines is 1. The smallest absolute Gasteiger partial charge is 0.274 e. The summed E-state index contributed by atoms with van der Waals surface area (Å²) in [5, 5.41) is 10.2. The van der Waals surface area contributed by atoms with E-state index in [1.807, 2.05) is 0 Å². The third-order valence-electron chi connectivity index (χ3n) is 3.89. The minimum Gasteiger partial charge on any atom is -0.463 e. The summed E-state index contributed by atoms with van der Waals surface area (Å²) < 4.78 is 5.30. The highest BCUT2D eigenvalue weighted by molar-refractivity contribution is 7.15. The molecule has 0 bridgehead atoms. The maximum atomic E-state index is 12.7. The molecule has 128 valence electrons. The second kappa shape index (κ2) is 6.17. The second-order valence-electron chi connectivity index (χ2n) is 5.69. The Labute approximate surface area is 146 Å². The van der Waals surface area contributed by atoms with E-state index < -0.39 is 0 Å². The molecule has 0 saturated carbocycles. The summed E-state index contributed by atoms with van der Waals surface area (Å²) in [5.41, 5.74) is 1.95. The zero-order valence-electron chi connectivity index (χ0n) is 13.4. The van der Waals surface area contributed by atoms with Gasteiger partial charge in [0.15, 0.2) is 16.6 Å². The first-order valence-electron chi connectivity index (χ1n) is 7.75. The van der Waals surface area contributed by atoms with Crippen molar-refractivity contribution in [3.63, 3.8) is 0 Å². The van der Waals surface area contributed by atoms with Crippen molar-refractivity contribution in [2.75, 3.05) is 11.9 Å². The van der Waals surface area contributed by atoms with Crippen molar-refractivity contribution in [3.05, 3.63) is 40.7 Å². The standard InChI is InChI=1S/C16H15N5O3S/c1-9(22)17-16-18-10-4-5-21(8-14(10)25-16)15(23)12-7-11(19-20-12)13-3-2-6-24-13/h2-3,6-7H,4-5,8H2,1H3,(H,19,20)(H,17,18,22). The molecule has 9 heteroatoms. The number of rotatable bonds is 3. The van der Waals surface area contributed by atoms with Gasteiger partial charge in [0.25, 0.3) is 5.91 Å². The van der Waals surface area contributed by atoms with Crippen LogP contribution in [0.3, 0.4) is 0 Å². The van der Waals surface area contributed by atoms with E-state index in [0.717, 1.165) is 10.6 Å². The van der Waals surface area contributed by atoms with E-state index in [9.17, 15) is 9.59 Å². The topological polar surface area (TPSA) is 104 Å². The predicted octanol–water partition coefficient (Wildman–Crippen LogP) is 2.28. The highest BCUT2D eigenvalue weighted by Crippen LogP contribution is 2.29. The first kappa shape index (κ1) is 15.6. The van der Waals surface area contributed by atoms with Gasteiger partial charge >= 0.3 is 0 Å². The molecule has 0 aliphatic carbocycles. The maximum absolute atomic E-state index is 12.7. The van der Waals surface area contributed by atoms with Crippen LogP contribution in [0.4, 0.5) is 5.13 Å². The Kier molecular flexibility index (Phi) is 3.85. The second-order valence-corrected chi connectivity index (χ2v) is 6.77. The number of hydrogen-bond donors (Lipinski definition) is 2. The lowest BCUT2D eigenvalue weighted by Gasteiger charge is -2.25. The van der Waals surface area contributed by atoms with Gasteiger partial charge in [-0.05, 0) is 12.1 Å². The first-order valence-corrected chi connectivity index (χ1v) is 8.56. The Balaban J connectivity index is 1.50. The van der Waals surface area contributed by atoms with Gasteiger partial charge in [-0.1, -0.05) is 11.3 Å². The molecule has 3 aromatic rings. The van der Waals surface area contributed by atoms with Gasteiger partial charge < -0.3 is 14.6 Å². The van der Waals surface area contributed by atoms with E-state index in [2.05, 4.69) is 20.5 Å². The van der Waals surface area contributed by atoms with E-state index in [1.165, 1.54) is 18.3 Å². The Hall–Kier alpha value is -2.94. The minimum absolute atomic E-state index is 0.144. The molecule has 0 spiro atoms. The number of H-pyrrole nitrogens is 1. The van der Waals surface area contributed by atoms with Gasteiger partial charge in [-0.3, -0.25) is 14.7 Å². The van der Waals surface area contributed by atoms with Gasteiger partial charge in [-0.2, -0.15) is 5.10 Å². The highest BCUT2D eigenvalue weighted by atomic mass is 32.1. The molecule has 0 radical (unpaired) electrons. The van der Waals surface area contributed by atoms with E-state index in [0.29, 0.717) is 41.8 Å². The van der Waals surface area contributed by atoms with E-state index in [4.69, 9.17) is 4.42 Å². The van der Waals surface area contributed by atoms with Crippen molar-refractivity contribution in [3.8, 4) is 11.5 Å². The van der Waals surface area contributed by atoms with Crippen molar-refractivity contribution in [2.45, 2.75) is 19.9 Å². The number of amides is 2. The van der Waals surface area contributed by atoms with Crippen molar-refractivity contribution in [1.29, 1.82) is 0 Å². The van der Waals surface area contributed by atoms with E-state index >= 15 is 0 Å². The van der Waals surface area contributed by atoms with Gasteiger partial charge in [0, 0.05) is 30.8 Å². The van der Waals surface area contributed by atoms with Crippen LogP contribution in [0.1, 0.15) is 28.0 Å². The summed E-state index contributed by atoms with van der Waals surface area (Å²) in [4.78, 5) is 31.0. The zero-order chi connectivity index (χ0) is 17.4. The predicted molar refractivity (Wildman–Crippen MR) is 91.2 cm³/mol. The molecule has 8 nitrogen and oxygen atoms in total. The molecule has 2 N–H and O–H groups in total. The average molecular weight is 357 g/mol. The third kappa shape index (κ3) is 3.05. The molecule has 0 unspecified atom stereocenters. The van der Waals surface area contributed by atoms with E-state index in [-0.39, 0.29) is 11.8 Å². The average Bonchev–Trinajstić information content (AvgIpc) is 3.31. The largest absolute Gasteiger partial charge is 0.463 e. The molecule has 0 atom stereocenters. The Bertz CT molecular complexity index is 928. The quantitative estimate of drug-likeness (QED) is 0.748. The molecule has 1 aliphatic rings. The molecule has 4 heterocycles.